The Morgan fingerprint density at radius 3 is 2.15 bits per heavy atom. The lowest BCUT2D eigenvalue weighted by molar-refractivity contribution is -0.143. The lowest BCUT2D eigenvalue weighted by Gasteiger charge is -2.36. The van der Waals surface area contributed by atoms with Crippen molar-refractivity contribution in [2.24, 2.45) is 5.92 Å². The summed E-state index contributed by atoms with van der Waals surface area (Å²) in [6.45, 7) is 18.7. The van der Waals surface area contributed by atoms with Crippen molar-refractivity contribution >= 4 is 17.9 Å². The van der Waals surface area contributed by atoms with Crippen molar-refractivity contribution in [2.45, 2.75) is 105 Å². The lowest BCUT2D eigenvalue weighted by atomic mass is 9.95. The fourth-order valence-electron chi connectivity index (χ4n) is 3.85. The largest absolute Gasteiger partial charge is 0.444 e. The lowest BCUT2D eigenvalue weighted by Crippen LogP contribution is -2.54. The van der Waals surface area contributed by atoms with Crippen LogP contribution in [0.25, 0.3) is 0 Å². The number of hydrogen-bond donors (Lipinski definition) is 2. The van der Waals surface area contributed by atoms with Gasteiger partial charge in [0, 0.05) is 11.6 Å². The first-order valence-corrected chi connectivity index (χ1v) is 11.7. The number of nitrogens with one attached hydrogen (secondary N) is 2. The highest BCUT2D eigenvalue weighted by atomic mass is 16.6. The van der Waals surface area contributed by atoms with Crippen LogP contribution in [0.3, 0.4) is 0 Å². The van der Waals surface area contributed by atoms with Crippen LogP contribution >= 0.6 is 0 Å². The van der Waals surface area contributed by atoms with E-state index in [1.807, 2.05) is 52.8 Å². The molecule has 0 aromatic heterocycles. The Kier molecular flexibility index (Phi) is 7.87. The molecule has 0 saturated heterocycles. The van der Waals surface area contributed by atoms with E-state index in [1.165, 1.54) is 0 Å². The topological polar surface area (TPSA) is 87.7 Å². The van der Waals surface area contributed by atoms with Crippen LogP contribution in [0.2, 0.25) is 0 Å². The fraction of sp³-hybridized carbons (Fsp3) is 0.654. The maximum atomic E-state index is 13.7. The molecular weight excluding hydrogens is 418 g/mol. The summed E-state index contributed by atoms with van der Waals surface area (Å²) in [5, 5.41) is 5.71. The third-order valence-corrected chi connectivity index (χ3v) is 5.54. The maximum absolute atomic E-state index is 13.7. The predicted octanol–water partition coefficient (Wildman–Crippen LogP) is 4.41. The molecule has 0 spiro atoms. The normalized spacial score (nSPS) is 19.8. The highest BCUT2D eigenvalue weighted by Gasteiger charge is 2.48. The zero-order valence-electron chi connectivity index (χ0n) is 21.8. The Balaban J connectivity index is 2.46. The second-order valence-electron chi connectivity index (χ2n) is 11.4. The summed E-state index contributed by atoms with van der Waals surface area (Å²) < 4.78 is 5.33. The molecule has 1 saturated carbocycles. The molecule has 184 valence electrons. The average Bonchev–Trinajstić information content (AvgIpc) is 3.34. The van der Waals surface area contributed by atoms with E-state index in [2.05, 4.69) is 17.6 Å². The quantitative estimate of drug-likeness (QED) is 0.660. The van der Waals surface area contributed by atoms with Crippen LogP contribution in [-0.2, 0) is 14.3 Å². The number of amides is 3. The number of hydrogen-bond acceptors (Lipinski definition) is 4. The summed E-state index contributed by atoms with van der Waals surface area (Å²) in [5.41, 5.74) is 1.62. The molecule has 7 nitrogen and oxygen atoms in total. The van der Waals surface area contributed by atoms with Crippen LogP contribution in [0.4, 0.5) is 4.79 Å². The van der Waals surface area contributed by atoms with Gasteiger partial charge in [0.1, 0.15) is 17.7 Å². The molecule has 1 aliphatic carbocycles. The van der Waals surface area contributed by atoms with Gasteiger partial charge in [-0.25, -0.2) is 4.79 Å². The molecule has 1 aliphatic rings. The van der Waals surface area contributed by atoms with Gasteiger partial charge in [-0.3, -0.25) is 9.59 Å². The van der Waals surface area contributed by atoms with E-state index >= 15 is 0 Å². The van der Waals surface area contributed by atoms with Crippen molar-refractivity contribution in [3.63, 3.8) is 0 Å². The summed E-state index contributed by atoms with van der Waals surface area (Å²) in [5.74, 6) is -0.254. The monoisotopic (exact) mass is 459 g/mol. The second-order valence-corrected chi connectivity index (χ2v) is 11.4. The van der Waals surface area contributed by atoms with Gasteiger partial charge in [0.2, 0.25) is 11.8 Å². The first-order valence-electron chi connectivity index (χ1n) is 11.7. The highest BCUT2D eigenvalue weighted by molar-refractivity contribution is 5.93. The van der Waals surface area contributed by atoms with Crippen LogP contribution in [-0.4, -0.2) is 46.0 Å². The van der Waals surface area contributed by atoms with E-state index in [-0.39, 0.29) is 23.8 Å². The van der Waals surface area contributed by atoms with Gasteiger partial charge in [0.05, 0.1) is 0 Å². The van der Waals surface area contributed by atoms with Gasteiger partial charge in [-0.05, 0) is 85.8 Å². The van der Waals surface area contributed by atoms with Gasteiger partial charge in [-0.1, -0.05) is 30.7 Å². The standard InChI is InChI=1S/C26H41N3O4/c1-15-11-12-16(2)19(13-15)21(22(30)28-25(5,6)7)29(20-14-17(20)3)23(31)18(4)27-24(32)33-26(8,9)10/h11-13,17-18,20-21H,14H2,1-10H3,(H,27,32)(H,28,30). The Morgan fingerprint density at radius 2 is 1.67 bits per heavy atom. The molecule has 2 rings (SSSR count). The van der Waals surface area contributed by atoms with Crippen LogP contribution in [0.15, 0.2) is 18.2 Å². The predicted molar refractivity (Wildman–Crippen MR) is 130 cm³/mol. The van der Waals surface area contributed by atoms with Gasteiger partial charge in [-0.15, -0.1) is 0 Å². The summed E-state index contributed by atoms with van der Waals surface area (Å²) >= 11 is 0. The first kappa shape index (κ1) is 26.7. The van der Waals surface area contributed by atoms with Gasteiger partial charge in [-0.2, -0.15) is 0 Å². The Hall–Kier alpha value is -2.57. The van der Waals surface area contributed by atoms with Crippen LogP contribution in [0.1, 0.15) is 84.5 Å². The van der Waals surface area contributed by atoms with E-state index in [0.29, 0.717) is 0 Å². The van der Waals surface area contributed by atoms with Gasteiger partial charge in [0.15, 0.2) is 0 Å². The zero-order chi connectivity index (χ0) is 25.3. The van der Waals surface area contributed by atoms with E-state index in [9.17, 15) is 14.4 Å². The molecule has 0 heterocycles. The second kappa shape index (κ2) is 9.74. The Morgan fingerprint density at radius 1 is 1.09 bits per heavy atom. The molecule has 1 aromatic rings. The van der Waals surface area contributed by atoms with E-state index in [1.54, 1.807) is 32.6 Å². The molecule has 0 bridgehead atoms. The van der Waals surface area contributed by atoms with Gasteiger partial charge >= 0.3 is 6.09 Å². The average molecular weight is 460 g/mol. The van der Waals surface area contributed by atoms with Crippen molar-refractivity contribution < 1.29 is 19.1 Å². The summed E-state index contributed by atoms with van der Waals surface area (Å²) in [7, 11) is 0. The van der Waals surface area contributed by atoms with Crippen molar-refractivity contribution in [3.05, 3.63) is 34.9 Å². The number of carbonyl (C=O) groups is 3. The summed E-state index contributed by atoms with van der Waals surface area (Å²) in [4.78, 5) is 41.3. The fourth-order valence-corrected chi connectivity index (χ4v) is 3.85. The Labute approximate surface area is 198 Å². The van der Waals surface area contributed by atoms with Crippen LogP contribution in [0.5, 0.6) is 0 Å². The molecule has 0 aliphatic heterocycles. The van der Waals surface area contributed by atoms with E-state index in [0.717, 1.165) is 23.1 Å². The van der Waals surface area contributed by atoms with Crippen molar-refractivity contribution in [1.82, 2.24) is 15.5 Å². The summed E-state index contributed by atoms with van der Waals surface area (Å²) in [6, 6.07) is 4.23. The minimum Gasteiger partial charge on any atom is -0.444 e. The number of alkyl carbamates (subject to hydrolysis) is 1. The Bertz CT molecular complexity index is 898. The highest BCUT2D eigenvalue weighted by Crippen LogP contribution is 2.41. The van der Waals surface area contributed by atoms with E-state index in [4.69, 9.17) is 4.74 Å². The van der Waals surface area contributed by atoms with E-state index < -0.39 is 29.3 Å². The number of ether oxygens (including phenoxy) is 1. The molecule has 2 N–H and O–H groups in total. The van der Waals surface area contributed by atoms with Crippen molar-refractivity contribution in [3.8, 4) is 0 Å². The summed E-state index contributed by atoms with van der Waals surface area (Å²) in [6.07, 6.45) is 0.157. The minimum absolute atomic E-state index is 0.0731. The third-order valence-electron chi connectivity index (χ3n) is 5.54. The molecule has 4 unspecified atom stereocenters. The van der Waals surface area contributed by atoms with Crippen molar-refractivity contribution in [2.75, 3.05) is 0 Å². The zero-order valence-corrected chi connectivity index (χ0v) is 21.8. The molecule has 4 atom stereocenters. The molecule has 1 fully saturated rings. The SMILES string of the molecule is Cc1ccc(C)c(C(C(=O)NC(C)(C)C)N(C(=O)C(C)NC(=O)OC(C)(C)C)C2CC2C)c1. The molecule has 7 heteroatoms. The maximum Gasteiger partial charge on any atom is 0.408 e. The smallest absolute Gasteiger partial charge is 0.408 e. The molecule has 3 amide bonds. The van der Waals surface area contributed by atoms with Crippen LogP contribution < -0.4 is 10.6 Å². The number of nitrogens with zero attached hydrogens (tertiary/aromatic N) is 1. The van der Waals surface area contributed by atoms with Gasteiger partial charge in [0.25, 0.3) is 0 Å². The third kappa shape index (κ3) is 7.47. The number of benzene rings is 1. The molecular formula is C26H41N3O4. The number of rotatable bonds is 6. The molecule has 33 heavy (non-hydrogen) atoms. The first-order chi connectivity index (χ1) is 15.0. The van der Waals surface area contributed by atoms with Crippen molar-refractivity contribution in [1.29, 1.82) is 0 Å². The van der Waals surface area contributed by atoms with Crippen LogP contribution in [0, 0.1) is 19.8 Å². The number of aryl methyl sites for hydroxylation is 2. The van der Waals surface area contributed by atoms with Gasteiger partial charge < -0.3 is 20.3 Å². The molecule has 0 radical (unpaired) electrons. The number of carbonyl (C=O) groups excluding carboxylic acids is 3. The molecule has 1 aromatic carbocycles. The minimum atomic E-state index is -0.845.